The summed E-state index contributed by atoms with van der Waals surface area (Å²) in [4.78, 5) is 22.8. The lowest BCUT2D eigenvalue weighted by molar-refractivity contribution is -0.117. The molecule has 4 aromatic rings. The molecule has 0 radical (unpaired) electrons. The van der Waals surface area contributed by atoms with Crippen molar-refractivity contribution in [2.45, 2.75) is 6.61 Å². The summed E-state index contributed by atoms with van der Waals surface area (Å²) >= 11 is 0. The van der Waals surface area contributed by atoms with Gasteiger partial charge in [-0.25, -0.2) is 18.1 Å². The molecule has 0 saturated carbocycles. The molecule has 0 unspecified atom stereocenters. The first kappa shape index (κ1) is 21.6. The van der Waals surface area contributed by atoms with Crippen LogP contribution in [0.3, 0.4) is 0 Å². The number of hydrogen-bond donors (Lipinski definition) is 1. The molecule has 2 heterocycles. The topological polar surface area (TPSA) is 111 Å². The quantitative estimate of drug-likeness (QED) is 0.425. The minimum absolute atomic E-state index is 0.0416. The van der Waals surface area contributed by atoms with Crippen LogP contribution in [0.4, 0.5) is 10.1 Å². The lowest BCUT2D eigenvalue weighted by Gasteiger charge is -2.21. The predicted octanol–water partition coefficient (Wildman–Crippen LogP) is 2.74. The number of amides is 1. The molecule has 34 heavy (non-hydrogen) atoms. The van der Waals surface area contributed by atoms with Crippen molar-refractivity contribution in [3.05, 3.63) is 83.9 Å². The van der Waals surface area contributed by atoms with Gasteiger partial charge in [-0.2, -0.15) is 13.5 Å². The van der Waals surface area contributed by atoms with Crippen LogP contribution < -0.4 is 13.8 Å². The Morgan fingerprint density at radius 3 is 2.59 bits per heavy atom. The Morgan fingerprint density at radius 1 is 1.12 bits per heavy atom. The van der Waals surface area contributed by atoms with E-state index in [2.05, 4.69) is 5.10 Å². The first-order valence-electron chi connectivity index (χ1n) is 10.1. The molecular formula is C23H17FN4O5S. The molecule has 1 fully saturated rings. The highest BCUT2D eigenvalue weighted by atomic mass is 32.2. The second-order valence-electron chi connectivity index (χ2n) is 7.56. The van der Waals surface area contributed by atoms with E-state index in [4.69, 9.17) is 4.74 Å². The number of rotatable bonds is 6. The fourth-order valence-electron chi connectivity index (χ4n) is 3.73. The number of nitrogens with one attached hydrogen (secondary N) is 1. The van der Waals surface area contributed by atoms with E-state index in [-0.39, 0.29) is 29.1 Å². The number of halogens is 1. The van der Waals surface area contributed by atoms with Crippen LogP contribution in [0.15, 0.2) is 66.9 Å². The van der Waals surface area contributed by atoms with Crippen LogP contribution in [0, 0.1) is 5.82 Å². The van der Waals surface area contributed by atoms with E-state index < -0.39 is 28.5 Å². The summed E-state index contributed by atoms with van der Waals surface area (Å²) in [5.41, 5.74) is 1.24. The zero-order chi connectivity index (χ0) is 23.9. The standard InChI is InChI=1S/C23H17FN4O5S/c24-22-19-7-6-18(27-9-8-17(13-29)25-27)10-16(19)11-20(33-14-15-4-2-1-3-5-15)23(22)28-12-21(30)26-34(28,31)32/h1-11,13H,12,14H2,(H,26,30). The Morgan fingerprint density at radius 2 is 1.91 bits per heavy atom. The molecule has 5 rings (SSSR count). The van der Waals surface area contributed by atoms with Crippen molar-refractivity contribution in [2.75, 3.05) is 10.8 Å². The maximum absolute atomic E-state index is 15.8. The molecule has 1 aromatic heterocycles. The molecule has 172 valence electrons. The monoisotopic (exact) mass is 480 g/mol. The van der Waals surface area contributed by atoms with Crippen molar-refractivity contribution in [2.24, 2.45) is 0 Å². The molecule has 0 atom stereocenters. The molecule has 1 amide bonds. The molecule has 9 nitrogen and oxygen atoms in total. The zero-order valence-corrected chi connectivity index (χ0v) is 18.3. The van der Waals surface area contributed by atoms with E-state index in [1.165, 1.54) is 22.9 Å². The van der Waals surface area contributed by atoms with Gasteiger partial charge in [0.2, 0.25) is 0 Å². The summed E-state index contributed by atoms with van der Waals surface area (Å²) in [5.74, 6) is -1.66. The van der Waals surface area contributed by atoms with Crippen molar-refractivity contribution in [3.8, 4) is 11.4 Å². The highest BCUT2D eigenvalue weighted by Crippen LogP contribution is 2.40. The first-order chi connectivity index (χ1) is 16.4. The van der Waals surface area contributed by atoms with E-state index in [1.54, 1.807) is 18.3 Å². The van der Waals surface area contributed by atoms with Crippen LogP contribution in [0.1, 0.15) is 16.1 Å². The molecule has 1 aliphatic heterocycles. The van der Waals surface area contributed by atoms with Crippen LogP contribution in [0.2, 0.25) is 0 Å². The van der Waals surface area contributed by atoms with Gasteiger partial charge in [0.15, 0.2) is 12.1 Å². The van der Waals surface area contributed by atoms with Crippen molar-refractivity contribution in [3.63, 3.8) is 0 Å². The largest absolute Gasteiger partial charge is 0.487 e. The second-order valence-corrected chi connectivity index (χ2v) is 9.15. The van der Waals surface area contributed by atoms with Crippen LogP contribution in [-0.2, 0) is 21.6 Å². The van der Waals surface area contributed by atoms with Crippen LogP contribution in [0.25, 0.3) is 16.5 Å². The molecule has 1 N–H and O–H groups in total. The number of nitrogens with zero attached hydrogens (tertiary/aromatic N) is 3. The number of ether oxygens (including phenoxy) is 1. The first-order valence-corrected chi connectivity index (χ1v) is 11.6. The van der Waals surface area contributed by atoms with Gasteiger partial charge in [0.25, 0.3) is 5.91 Å². The third-order valence-corrected chi connectivity index (χ3v) is 6.68. The van der Waals surface area contributed by atoms with Crippen molar-refractivity contribution >= 4 is 38.9 Å². The lowest BCUT2D eigenvalue weighted by Crippen LogP contribution is -2.30. The van der Waals surface area contributed by atoms with Crippen LogP contribution in [-0.4, -0.2) is 36.9 Å². The molecule has 0 spiro atoms. The normalized spacial score (nSPS) is 14.9. The highest BCUT2D eigenvalue weighted by molar-refractivity contribution is 7.92. The number of benzene rings is 3. The summed E-state index contributed by atoms with van der Waals surface area (Å²) in [5, 5.41) is 4.67. The number of carbonyl (C=O) groups excluding carboxylic acids is 2. The van der Waals surface area contributed by atoms with Gasteiger partial charge >= 0.3 is 10.2 Å². The summed E-state index contributed by atoms with van der Waals surface area (Å²) in [6.07, 6.45) is 2.21. The van der Waals surface area contributed by atoms with Gasteiger partial charge in [-0.3, -0.25) is 9.59 Å². The highest BCUT2D eigenvalue weighted by Gasteiger charge is 2.38. The number of carbonyl (C=O) groups is 2. The minimum Gasteiger partial charge on any atom is -0.487 e. The van der Waals surface area contributed by atoms with Crippen LogP contribution in [0.5, 0.6) is 5.75 Å². The molecule has 0 aliphatic carbocycles. The number of fused-ring (bicyclic) bond motifs is 1. The van der Waals surface area contributed by atoms with E-state index >= 15 is 4.39 Å². The Kier molecular flexibility index (Phi) is 5.25. The van der Waals surface area contributed by atoms with E-state index in [1.807, 2.05) is 35.1 Å². The maximum atomic E-state index is 15.8. The smallest absolute Gasteiger partial charge is 0.326 e. The third kappa shape index (κ3) is 3.86. The predicted molar refractivity (Wildman–Crippen MR) is 122 cm³/mol. The molecule has 0 bridgehead atoms. The van der Waals surface area contributed by atoms with E-state index in [9.17, 15) is 18.0 Å². The molecule has 3 aromatic carbocycles. The summed E-state index contributed by atoms with van der Waals surface area (Å²) in [6.45, 7) is -0.512. The zero-order valence-electron chi connectivity index (χ0n) is 17.5. The van der Waals surface area contributed by atoms with Crippen molar-refractivity contribution in [1.82, 2.24) is 14.5 Å². The van der Waals surface area contributed by atoms with Crippen LogP contribution >= 0.6 is 0 Å². The lowest BCUT2D eigenvalue weighted by atomic mass is 10.1. The number of anilines is 1. The average Bonchev–Trinajstić information content (AvgIpc) is 3.41. The molecule has 1 aliphatic rings. The van der Waals surface area contributed by atoms with Gasteiger partial charge in [0.1, 0.15) is 30.3 Å². The number of aldehydes is 1. The van der Waals surface area contributed by atoms with Gasteiger partial charge in [-0.05, 0) is 41.3 Å². The molecule has 11 heteroatoms. The molecule has 1 saturated heterocycles. The Balaban J connectivity index is 1.65. The van der Waals surface area contributed by atoms with Gasteiger partial charge in [0, 0.05) is 11.6 Å². The van der Waals surface area contributed by atoms with E-state index in [0.717, 1.165) is 5.56 Å². The summed E-state index contributed by atoms with van der Waals surface area (Å²) in [7, 11) is -4.27. The Bertz CT molecular complexity index is 1540. The summed E-state index contributed by atoms with van der Waals surface area (Å²) in [6, 6.07) is 16.9. The minimum atomic E-state index is -4.27. The van der Waals surface area contributed by atoms with Gasteiger partial charge < -0.3 is 4.74 Å². The number of aromatic nitrogens is 2. The van der Waals surface area contributed by atoms with Gasteiger partial charge in [0.05, 0.1) is 5.69 Å². The Labute approximate surface area is 193 Å². The van der Waals surface area contributed by atoms with Gasteiger partial charge in [-0.1, -0.05) is 30.3 Å². The molecular weight excluding hydrogens is 463 g/mol. The fourth-order valence-corrected chi connectivity index (χ4v) is 4.89. The van der Waals surface area contributed by atoms with Crippen molar-refractivity contribution in [1.29, 1.82) is 0 Å². The number of hydrogen-bond acceptors (Lipinski definition) is 6. The average molecular weight is 480 g/mol. The summed E-state index contributed by atoms with van der Waals surface area (Å²) < 4.78 is 50.6. The van der Waals surface area contributed by atoms with Gasteiger partial charge in [-0.15, -0.1) is 0 Å². The third-order valence-electron chi connectivity index (χ3n) is 5.30. The fraction of sp³-hybridized carbons (Fsp3) is 0.0870. The Hall–Kier alpha value is -4.25. The second kappa shape index (κ2) is 8.27. The van der Waals surface area contributed by atoms with E-state index in [0.29, 0.717) is 21.7 Å². The van der Waals surface area contributed by atoms with Crippen molar-refractivity contribution < 1.29 is 27.1 Å². The SMILES string of the molecule is O=Cc1ccn(-c2ccc3c(F)c(N4CC(=O)NS4(=O)=O)c(OCc4ccccc4)cc3c2)n1. The maximum Gasteiger partial charge on any atom is 0.326 e.